The Hall–Kier alpha value is -6.08. The van der Waals surface area contributed by atoms with E-state index in [2.05, 4.69) is 197 Å². The summed E-state index contributed by atoms with van der Waals surface area (Å²) in [5, 5.41) is 26.4. The third-order valence-corrected chi connectivity index (χ3v) is 18.0. The fraction of sp³-hybridized carbons (Fsp3) is 0.550. The lowest BCUT2D eigenvalue weighted by Crippen LogP contribution is -2.19. The molecule has 0 spiro atoms. The summed E-state index contributed by atoms with van der Waals surface area (Å²) in [5.41, 5.74) is 16.2. The molecule has 494 valence electrons. The van der Waals surface area contributed by atoms with Crippen molar-refractivity contribution in [2.45, 2.75) is 196 Å². The lowest BCUT2D eigenvalue weighted by Gasteiger charge is -2.28. The first kappa shape index (κ1) is 69.3. The zero-order valence-electron chi connectivity index (χ0n) is 58.6. The first-order chi connectivity index (χ1) is 42.7. The van der Waals surface area contributed by atoms with Gasteiger partial charge in [-0.15, -0.1) is 0 Å². The second kappa shape index (κ2) is 28.2. The molecule has 9 rings (SSSR count). The summed E-state index contributed by atoms with van der Waals surface area (Å²) in [6, 6.07) is 27.2. The van der Waals surface area contributed by atoms with Crippen LogP contribution in [0.4, 0.5) is 0 Å². The van der Waals surface area contributed by atoms with Gasteiger partial charge in [0.1, 0.15) is 60.9 Å². The molecule has 0 saturated carbocycles. The predicted molar refractivity (Wildman–Crippen MR) is 367 cm³/mol. The van der Waals surface area contributed by atoms with Crippen molar-refractivity contribution in [2.24, 2.45) is 0 Å². The highest BCUT2D eigenvalue weighted by Gasteiger charge is 2.31. The number of ether oxygens (including phenoxy) is 9. The molecule has 14 bridgehead atoms. The van der Waals surface area contributed by atoms with Crippen LogP contribution in [0.3, 0.4) is 0 Å². The van der Waals surface area contributed by atoms with E-state index in [9.17, 15) is 10.2 Å². The van der Waals surface area contributed by atoms with Gasteiger partial charge in [0, 0.05) is 38.5 Å². The lowest BCUT2D eigenvalue weighted by atomic mass is 9.79. The number of rotatable bonds is 0. The molecule has 3 heterocycles. The number of phenolic OH excluding ortho intramolecular Hbond substituents is 2. The van der Waals surface area contributed by atoms with E-state index in [1.165, 1.54) is 5.56 Å². The fourth-order valence-electron chi connectivity index (χ4n) is 12.4. The maximum Gasteiger partial charge on any atom is 0.126 e. The van der Waals surface area contributed by atoms with Crippen LogP contribution in [0.5, 0.6) is 34.5 Å². The SMILES string of the molecule is CC(C)(C)c1cc2c(O)c(c1)Cc1cc(C(C)(C)C)cc3c1OCCOCCOCCOCCOc1c4cc(C(C)(C)C)cc1Cc1cc(C(C)(C)C)cc(c1OCCOCCOCCOc1c(cc(C(C)(C)C)cc1Cc1cc(C(C)(C)C)cc(c1O)C4)C2)C3. The first-order valence-electron chi connectivity index (χ1n) is 33.5. The number of phenols is 2. The van der Waals surface area contributed by atoms with Crippen molar-refractivity contribution in [3.05, 3.63) is 173 Å². The summed E-state index contributed by atoms with van der Waals surface area (Å²) >= 11 is 0. The van der Waals surface area contributed by atoms with Gasteiger partial charge in [-0.05, 0) is 133 Å². The average Bonchev–Trinajstić information content (AvgIpc) is 0.807. The average molecular weight is 1250 g/mol. The summed E-state index contributed by atoms with van der Waals surface area (Å²) < 4.78 is 59.8. The van der Waals surface area contributed by atoms with Crippen LogP contribution < -0.4 is 18.9 Å². The molecule has 0 atom stereocenters. The van der Waals surface area contributed by atoms with E-state index in [1.807, 2.05) is 0 Å². The van der Waals surface area contributed by atoms with E-state index in [4.69, 9.17) is 42.6 Å². The number of aromatic hydroxyl groups is 2. The molecule has 6 aromatic carbocycles. The molecule has 3 aliphatic rings. The van der Waals surface area contributed by atoms with Crippen molar-refractivity contribution in [1.82, 2.24) is 0 Å². The van der Waals surface area contributed by atoms with Gasteiger partial charge < -0.3 is 52.8 Å². The number of hydrogen-bond donors (Lipinski definition) is 2. The molecule has 0 radical (unpaired) electrons. The van der Waals surface area contributed by atoms with Gasteiger partial charge in [-0.1, -0.05) is 197 Å². The molecular weight excluding hydrogens is 1140 g/mol. The molecule has 2 N–H and O–H groups in total. The van der Waals surface area contributed by atoms with E-state index < -0.39 is 0 Å². The Morgan fingerprint density at radius 3 is 0.495 bits per heavy atom. The largest absolute Gasteiger partial charge is 0.507 e. The Bertz CT molecular complexity index is 3310. The van der Waals surface area contributed by atoms with Crippen LogP contribution in [-0.4, -0.2) is 103 Å². The highest BCUT2D eigenvalue weighted by molar-refractivity contribution is 5.61. The van der Waals surface area contributed by atoms with Crippen molar-refractivity contribution >= 4 is 0 Å². The zero-order chi connectivity index (χ0) is 65.8. The van der Waals surface area contributed by atoms with Gasteiger partial charge in [-0.2, -0.15) is 0 Å². The van der Waals surface area contributed by atoms with Crippen molar-refractivity contribution in [3.63, 3.8) is 0 Å². The molecular formula is C80H108O11. The van der Waals surface area contributed by atoms with Gasteiger partial charge in [0.15, 0.2) is 0 Å². The summed E-state index contributed by atoms with van der Waals surface area (Å²) in [6.45, 7) is 45.4. The van der Waals surface area contributed by atoms with Crippen LogP contribution in [0.25, 0.3) is 0 Å². The van der Waals surface area contributed by atoms with E-state index in [0.717, 1.165) is 112 Å². The van der Waals surface area contributed by atoms with Crippen LogP contribution in [-0.2, 0) is 94.7 Å². The second-order valence-corrected chi connectivity index (χ2v) is 31.8. The third-order valence-electron chi connectivity index (χ3n) is 18.0. The topological polar surface area (TPSA) is 124 Å². The van der Waals surface area contributed by atoms with E-state index in [-0.39, 0.29) is 70.4 Å². The number of fused-ring (bicyclic) bond motifs is 13. The highest BCUT2D eigenvalue weighted by Crippen LogP contribution is 2.46. The molecule has 11 heteroatoms. The van der Waals surface area contributed by atoms with E-state index >= 15 is 0 Å². The van der Waals surface area contributed by atoms with Crippen molar-refractivity contribution < 1.29 is 52.8 Å². The third kappa shape index (κ3) is 17.6. The Morgan fingerprint density at radius 1 is 0.209 bits per heavy atom. The minimum atomic E-state index is -0.286. The number of benzene rings is 6. The standard InChI is InChI=1S/C80H108O11/c1-75(2,3)63-39-51-33-55-43-65(77(7,8)9)44-56-34-52-40-64(76(4,5)6)42-54(70(52)82)36-58-46-67(79(13,14)15)48-60-38-62-50-68(80(16,17)18)49-61(74(62)91-32-28-87-24-23-86-25-29-88-71(55)56)37-59-47-66(78(10,11)12)45-57(35-53(41-63)69(51)81)72(59)89-30-26-84-21-19-83-20-22-85-27-31-90-73(58)60/h39-50,81-82H,19-38H2,1-18H3. The summed E-state index contributed by atoms with van der Waals surface area (Å²) in [7, 11) is 0. The maximum atomic E-state index is 13.2. The Morgan fingerprint density at radius 2 is 0.341 bits per heavy atom. The van der Waals surface area contributed by atoms with Gasteiger partial charge in [0.25, 0.3) is 0 Å². The highest BCUT2D eigenvalue weighted by atomic mass is 16.6. The second-order valence-electron chi connectivity index (χ2n) is 31.8. The fourth-order valence-corrected chi connectivity index (χ4v) is 12.4. The van der Waals surface area contributed by atoms with Crippen LogP contribution in [0.1, 0.15) is 225 Å². The summed E-state index contributed by atoms with van der Waals surface area (Å²) in [4.78, 5) is 0. The Balaban J connectivity index is 1.45. The molecule has 0 amide bonds. The van der Waals surface area contributed by atoms with Gasteiger partial charge in [-0.3, -0.25) is 0 Å². The molecule has 91 heavy (non-hydrogen) atoms. The quantitative estimate of drug-likeness (QED) is 0.141. The van der Waals surface area contributed by atoms with Crippen LogP contribution in [0.2, 0.25) is 0 Å². The van der Waals surface area contributed by atoms with Crippen molar-refractivity contribution in [1.29, 1.82) is 0 Å². The van der Waals surface area contributed by atoms with Gasteiger partial charge in [-0.25, -0.2) is 0 Å². The van der Waals surface area contributed by atoms with E-state index in [1.54, 1.807) is 0 Å². The van der Waals surface area contributed by atoms with Gasteiger partial charge in [0.05, 0.1) is 66.1 Å². The lowest BCUT2D eigenvalue weighted by molar-refractivity contribution is 0.00484. The van der Waals surface area contributed by atoms with Gasteiger partial charge >= 0.3 is 0 Å². The number of hydrogen-bond acceptors (Lipinski definition) is 11. The van der Waals surface area contributed by atoms with Crippen molar-refractivity contribution in [3.8, 4) is 34.5 Å². The summed E-state index contributed by atoms with van der Waals surface area (Å²) in [5.74, 6) is 3.49. The minimum absolute atomic E-state index is 0.236. The van der Waals surface area contributed by atoms with Gasteiger partial charge in [0.2, 0.25) is 0 Å². The molecule has 3 aliphatic heterocycles. The maximum absolute atomic E-state index is 13.2. The normalized spacial score (nSPS) is 16.9. The Labute approximate surface area is 545 Å². The van der Waals surface area contributed by atoms with E-state index in [0.29, 0.717) is 110 Å². The minimum Gasteiger partial charge on any atom is -0.507 e. The summed E-state index contributed by atoms with van der Waals surface area (Å²) in [6.07, 6.45) is 2.45. The molecule has 0 saturated heterocycles. The smallest absolute Gasteiger partial charge is 0.126 e. The van der Waals surface area contributed by atoms with Crippen LogP contribution in [0, 0.1) is 0 Å². The van der Waals surface area contributed by atoms with Crippen LogP contribution >= 0.6 is 0 Å². The molecule has 6 aromatic rings. The zero-order valence-corrected chi connectivity index (χ0v) is 58.6. The molecule has 0 aliphatic carbocycles. The Kier molecular flexibility index (Phi) is 21.5. The first-order valence-corrected chi connectivity index (χ1v) is 33.5. The van der Waals surface area contributed by atoms with Crippen LogP contribution in [0.15, 0.2) is 72.8 Å². The molecule has 0 unspecified atom stereocenters. The molecule has 0 fully saturated rings. The molecule has 11 nitrogen and oxygen atoms in total. The monoisotopic (exact) mass is 1240 g/mol. The van der Waals surface area contributed by atoms with Crippen molar-refractivity contribution in [2.75, 3.05) is 92.5 Å². The predicted octanol–water partition coefficient (Wildman–Crippen LogP) is 16.4. The molecule has 0 aromatic heterocycles.